The van der Waals surface area contributed by atoms with Crippen molar-refractivity contribution >= 4 is 17.3 Å². The Bertz CT molecular complexity index is 1180. The predicted octanol–water partition coefficient (Wildman–Crippen LogP) is 4.26. The van der Waals surface area contributed by atoms with Gasteiger partial charge in [0.2, 0.25) is 0 Å². The summed E-state index contributed by atoms with van der Waals surface area (Å²) in [6, 6.07) is 18.8. The first-order valence-electron chi connectivity index (χ1n) is 9.40. The summed E-state index contributed by atoms with van der Waals surface area (Å²) in [5.74, 6) is 0.640. The standard InChI is InChI=1S/C22H18N4O5/c27-22(24-17-12-23-25(14-17)13-16-4-2-1-3-5-16)21-11-10-20(31-21)15-30-19-8-6-18(7-9-19)26(28)29/h1-12,14H,13,15H2,(H,24,27). The molecule has 0 saturated carbocycles. The van der Waals surface area contributed by atoms with E-state index in [4.69, 9.17) is 9.15 Å². The number of carbonyl (C=O) groups excluding carboxylic acids is 1. The van der Waals surface area contributed by atoms with E-state index < -0.39 is 10.8 Å². The van der Waals surface area contributed by atoms with E-state index in [1.54, 1.807) is 29.2 Å². The summed E-state index contributed by atoms with van der Waals surface area (Å²) >= 11 is 0. The van der Waals surface area contributed by atoms with Gasteiger partial charge in [0, 0.05) is 18.3 Å². The van der Waals surface area contributed by atoms with Crippen LogP contribution in [0.25, 0.3) is 0 Å². The van der Waals surface area contributed by atoms with Crippen molar-refractivity contribution in [1.82, 2.24) is 9.78 Å². The first kappa shape index (κ1) is 19.9. The molecule has 4 aromatic rings. The van der Waals surface area contributed by atoms with Crippen LogP contribution >= 0.6 is 0 Å². The summed E-state index contributed by atoms with van der Waals surface area (Å²) in [5, 5.41) is 17.7. The second-order valence-corrected chi connectivity index (χ2v) is 6.67. The van der Waals surface area contributed by atoms with E-state index in [2.05, 4.69) is 10.4 Å². The largest absolute Gasteiger partial charge is 0.486 e. The number of benzene rings is 2. The minimum Gasteiger partial charge on any atom is -0.486 e. The average Bonchev–Trinajstić information content (AvgIpc) is 3.43. The maximum atomic E-state index is 12.4. The molecule has 156 valence electrons. The Kier molecular flexibility index (Phi) is 5.75. The molecular formula is C22H18N4O5. The number of hydrogen-bond acceptors (Lipinski definition) is 6. The molecule has 9 nitrogen and oxygen atoms in total. The van der Waals surface area contributed by atoms with Crippen molar-refractivity contribution in [2.75, 3.05) is 5.32 Å². The molecule has 0 unspecified atom stereocenters. The third-order valence-corrected chi connectivity index (χ3v) is 4.39. The van der Waals surface area contributed by atoms with Gasteiger partial charge in [-0.3, -0.25) is 19.6 Å². The number of anilines is 1. The van der Waals surface area contributed by atoms with Crippen molar-refractivity contribution in [2.45, 2.75) is 13.2 Å². The second-order valence-electron chi connectivity index (χ2n) is 6.67. The van der Waals surface area contributed by atoms with Gasteiger partial charge in [-0.1, -0.05) is 30.3 Å². The fourth-order valence-corrected chi connectivity index (χ4v) is 2.87. The van der Waals surface area contributed by atoms with Gasteiger partial charge in [-0.15, -0.1) is 0 Å². The van der Waals surface area contributed by atoms with Crippen molar-refractivity contribution in [3.63, 3.8) is 0 Å². The Morgan fingerprint density at radius 1 is 1.10 bits per heavy atom. The molecule has 0 atom stereocenters. The number of nitrogens with one attached hydrogen (secondary N) is 1. The molecule has 0 aliphatic rings. The number of amides is 1. The van der Waals surface area contributed by atoms with E-state index in [0.29, 0.717) is 23.7 Å². The van der Waals surface area contributed by atoms with Crippen LogP contribution in [0, 0.1) is 10.1 Å². The van der Waals surface area contributed by atoms with E-state index in [1.165, 1.54) is 24.3 Å². The first-order valence-corrected chi connectivity index (χ1v) is 9.40. The van der Waals surface area contributed by atoms with Gasteiger partial charge in [0.1, 0.15) is 18.1 Å². The first-order chi connectivity index (χ1) is 15.1. The van der Waals surface area contributed by atoms with Crippen LogP contribution < -0.4 is 10.1 Å². The number of nitrogens with zero attached hydrogens (tertiary/aromatic N) is 3. The number of rotatable bonds is 8. The van der Waals surface area contributed by atoms with E-state index in [9.17, 15) is 14.9 Å². The van der Waals surface area contributed by atoms with Gasteiger partial charge in [-0.2, -0.15) is 5.10 Å². The number of carbonyl (C=O) groups is 1. The minimum atomic E-state index is -0.480. The molecule has 2 aromatic carbocycles. The Hall–Kier alpha value is -4.40. The van der Waals surface area contributed by atoms with Crippen LogP contribution in [-0.4, -0.2) is 20.6 Å². The average molecular weight is 418 g/mol. The van der Waals surface area contributed by atoms with Gasteiger partial charge >= 0.3 is 0 Å². The zero-order valence-electron chi connectivity index (χ0n) is 16.3. The van der Waals surface area contributed by atoms with Crippen molar-refractivity contribution in [2.24, 2.45) is 0 Å². The molecule has 2 aromatic heterocycles. The molecule has 0 aliphatic carbocycles. The molecule has 31 heavy (non-hydrogen) atoms. The summed E-state index contributed by atoms with van der Waals surface area (Å²) in [6.45, 7) is 0.682. The maximum absolute atomic E-state index is 12.4. The highest BCUT2D eigenvalue weighted by atomic mass is 16.6. The molecule has 1 amide bonds. The van der Waals surface area contributed by atoms with Gasteiger partial charge in [0.25, 0.3) is 11.6 Å². The summed E-state index contributed by atoms with van der Waals surface area (Å²) in [4.78, 5) is 22.6. The number of ether oxygens (including phenoxy) is 1. The summed E-state index contributed by atoms with van der Waals surface area (Å²) < 4.78 is 12.8. The fourth-order valence-electron chi connectivity index (χ4n) is 2.87. The molecule has 0 spiro atoms. The van der Waals surface area contributed by atoms with Crippen LogP contribution in [0.15, 0.2) is 83.5 Å². The van der Waals surface area contributed by atoms with Crippen LogP contribution in [-0.2, 0) is 13.2 Å². The van der Waals surface area contributed by atoms with Gasteiger partial charge < -0.3 is 14.5 Å². The Labute approximate surface area is 177 Å². The minimum absolute atomic E-state index is 0.0172. The van der Waals surface area contributed by atoms with Gasteiger partial charge in [0.15, 0.2) is 5.76 Å². The summed E-state index contributed by atoms with van der Waals surface area (Å²) in [5.41, 5.74) is 1.64. The van der Waals surface area contributed by atoms with Crippen molar-refractivity contribution < 1.29 is 18.9 Å². The molecule has 2 heterocycles. The van der Waals surface area contributed by atoms with Crippen LogP contribution in [0.5, 0.6) is 5.75 Å². The van der Waals surface area contributed by atoms with Crippen LogP contribution in [0.4, 0.5) is 11.4 Å². The van der Waals surface area contributed by atoms with Crippen molar-refractivity contribution in [1.29, 1.82) is 0 Å². The van der Waals surface area contributed by atoms with Crippen LogP contribution in [0.3, 0.4) is 0 Å². The zero-order valence-corrected chi connectivity index (χ0v) is 16.3. The molecule has 4 rings (SSSR count). The van der Waals surface area contributed by atoms with Crippen LogP contribution in [0.2, 0.25) is 0 Å². The molecule has 0 bridgehead atoms. The second kappa shape index (κ2) is 8.95. The van der Waals surface area contributed by atoms with Gasteiger partial charge in [-0.05, 0) is 29.8 Å². The molecule has 9 heteroatoms. The number of hydrogen-bond donors (Lipinski definition) is 1. The zero-order chi connectivity index (χ0) is 21.6. The van der Waals surface area contributed by atoms with Crippen molar-refractivity contribution in [3.8, 4) is 5.75 Å². The monoisotopic (exact) mass is 418 g/mol. The Morgan fingerprint density at radius 2 is 1.87 bits per heavy atom. The molecule has 0 saturated heterocycles. The van der Waals surface area contributed by atoms with E-state index in [0.717, 1.165) is 5.56 Å². The third-order valence-electron chi connectivity index (χ3n) is 4.39. The fraction of sp³-hybridized carbons (Fsp3) is 0.0909. The quantitative estimate of drug-likeness (QED) is 0.338. The maximum Gasteiger partial charge on any atom is 0.291 e. The molecular weight excluding hydrogens is 400 g/mol. The normalized spacial score (nSPS) is 10.6. The Balaban J connectivity index is 1.31. The topological polar surface area (TPSA) is 112 Å². The molecule has 1 N–H and O–H groups in total. The van der Waals surface area contributed by atoms with Crippen LogP contribution in [0.1, 0.15) is 21.9 Å². The lowest BCUT2D eigenvalue weighted by Crippen LogP contribution is -2.10. The lowest BCUT2D eigenvalue weighted by Gasteiger charge is -2.04. The lowest BCUT2D eigenvalue weighted by atomic mass is 10.2. The highest BCUT2D eigenvalue weighted by Crippen LogP contribution is 2.19. The number of nitro groups is 1. The molecule has 0 fully saturated rings. The predicted molar refractivity (Wildman–Crippen MR) is 112 cm³/mol. The van der Waals surface area contributed by atoms with Crippen molar-refractivity contribution in [3.05, 3.63) is 106 Å². The highest BCUT2D eigenvalue weighted by molar-refractivity contribution is 6.02. The van der Waals surface area contributed by atoms with Gasteiger partial charge in [0.05, 0.1) is 23.4 Å². The lowest BCUT2D eigenvalue weighted by molar-refractivity contribution is -0.384. The van der Waals surface area contributed by atoms with E-state index in [-0.39, 0.29) is 18.1 Å². The summed E-state index contributed by atoms with van der Waals surface area (Å²) in [6.07, 6.45) is 3.31. The summed E-state index contributed by atoms with van der Waals surface area (Å²) in [7, 11) is 0. The number of nitro benzene ring substituents is 1. The molecule has 0 radical (unpaired) electrons. The molecule has 0 aliphatic heterocycles. The third kappa shape index (κ3) is 5.15. The highest BCUT2D eigenvalue weighted by Gasteiger charge is 2.13. The number of non-ortho nitro benzene ring substituents is 1. The van der Waals surface area contributed by atoms with E-state index in [1.807, 2.05) is 30.3 Å². The Morgan fingerprint density at radius 3 is 2.61 bits per heavy atom. The van der Waals surface area contributed by atoms with Gasteiger partial charge in [-0.25, -0.2) is 0 Å². The smallest absolute Gasteiger partial charge is 0.291 e. The SMILES string of the molecule is O=C(Nc1cnn(Cc2ccccc2)c1)c1ccc(COc2ccc([N+](=O)[O-])cc2)o1. The number of furan rings is 1. The number of aromatic nitrogens is 2. The van der Waals surface area contributed by atoms with E-state index >= 15 is 0 Å².